The predicted octanol–water partition coefficient (Wildman–Crippen LogP) is 3.15. The molecule has 1 aromatic rings. The Balaban J connectivity index is 2.39. The van der Waals surface area contributed by atoms with Crippen molar-refractivity contribution in [2.24, 2.45) is 0 Å². The van der Waals surface area contributed by atoms with Crippen molar-refractivity contribution in [3.8, 4) is 0 Å². The lowest BCUT2D eigenvalue weighted by atomic mass is 10.0. The molecular formula is C16H30NO3Si+. The van der Waals surface area contributed by atoms with Gasteiger partial charge in [-0.1, -0.05) is 13.8 Å². The predicted molar refractivity (Wildman–Crippen MR) is 86.2 cm³/mol. The molecule has 5 heteroatoms. The normalized spacial score (nSPS) is 13.4. The highest BCUT2D eigenvalue weighted by Gasteiger charge is 2.36. The highest BCUT2D eigenvalue weighted by molar-refractivity contribution is 6.60. The summed E-state index contributed by atoms with van der Waals surface area (Å²) in [6.45, 7) is 5.51. The Morgan fingerprint density at radius 1 is 1.05 bits per heavy atom. The van der Waals surface area contributed by atoms with Gasteiger partial charge >= 0.3 is 8.80 Å². The van der Waals surface area contributed by atoms with E-state index >= 15 is 0 Å². The lowest BCUT2D eigenvalue weighted by molar-refractivity contribution is -0.697. The van der Waals surface area contributed by atoms with Gasteiger partial charge in [0.2, 0.25) is 0 Å². The van der Waals surface area contributed by atoms with Crippen LogP contribution in [-0.4, -0.2) is 30.1 Å². The molecule has 0 radical (unpaired) electrons. The number of nitrogens with zero attached hydrogens (tertiary/aromatic N) is 1. The average Bonchev–Trinajstić information content (AvgIpc) is 2.55. The Bertz CT molecular complexity index is 385. The Kier molecular flexibility index (Phi) is 8.10. The van der Waals surface area contributed by atoms with Crippen LogP contribution in [0.4, 0.5) is 0 Å². The fourth-order valence-electron chi connectivity index (χ4n) is 2.37. The van der Waals surface area contributed by atoms with Gasteiger partial charge in [-0.25, -0.2) is 4.57 Å². The van der Waals surface area contributed by atoms with Crippen LogP contribution in [0, 0.1) is 0 Å². The highest BCUT2D eigenvalue weighted by Crippen LogP contribution is 2.17. The summed E-state index contributed by atoms with van der Waals surface area (Å²) >= 11 is 0. The third kappa shape index (κ3) is 5.51. The number of unbranched alkanes of at least 4 members (excludes halogenated alkanes) is 1. The number of aryl methyl sites for hydroxylation is 1. The molecule has 21 heavy (non-hydrogen) atoms. The number of pyridine rings is 1. The van der Waals surface area contributed by atoms with Gasteiger partial charge in [-0.3, -0.25) is 0 Å². The Hall–Kier alpha value is -0.753. The standard InChI is InChI=1S/C16H30NO3Si/c1-6-15(2)16-9-12-17(13-10-16)11-7-8-14-21(18-3,19-4)20-5/h9-10,12-13,15H,6-8,11,14H2,1-5H3/q+1. The first-order chi connectivity index (χ1) is 10.1. The van der Waals surface area contributed by atoms with Crippen molar-refractivity contribution >= 4 is 8.80 Å². The fraction of sp³-hybridized carbons (Fsp3) is 0.688. The summed E-state index contributed by atoms with van der Waals surface area (Å²) in [5.41, 5.74) is 1.42. The molecule has 0 fully saturated rings. The molecule has 0 spiro atoms. The van der Waals surface area contributed by atoms with E-state index in [-0.39, 0.29) is 0 Å². The first-order valence-corrected chi connectivity index (χ1v) is 9.68. The lowest BCUT2D eigenvalue weighted by Crippen LogP contribution is -2.42. The minimum absolute atomic E-state index is 0.636. The molecule has 0 saturated heterocycles. The van der Waals surface area contributed by atoms with Gasteiger partial charge in [0.05, 0.1) is 0 Å². The Morgan fingerprint density at radius 2 is 1.62 bits per heavy atom. The van der Waals surface area contributed by atoms with E-state index in [1.165, 1.54) is 12.0 Å². The van der Waals surface area contributed by atoms with Gasteiger partial charge in [0.25, 0.3) is 0 Å². The second-order valence-corrected chi connectivity index (χ2v) is 8.52. The van der Waals surface area contributed by atoms with Crippen LogP contribution in [0.3, 0.4) is 0 Å². The molecule has 0 aliphatic rings. The summed E-state index contributed by atoms with van der Waals surface area (Å²) in [4.78, 5) is 0. The van der Waals surface area contributed by atoms with Crippen LogP contribution in [0.2, 0.25) is 6.04 Å². The van der Waals surface area contributed by atoms with E-state index in [0.29, 0.717) is 5.92 Å². The SMILES string of the molecule is CCC(C)c1cc[n+](CCCC[Si](OC)(OC)OC)cc1. The third-order valence-corrected chi connectivity index (χ3v) is 7.01. The van der Waals surface area contributed by atoms with Crippen molar-refractivity contribution < 1.29 is 17.8 Å². The molecule has 120 valence electrons. The van der Waals surface area contributed by atoms with Gasteiger partial charge in [0, 0.05) is 45.9 Å². The van der Waals surface area contributed by atoms with Gasteiger partial charge in [0.15, 0.2) is 12.4 Å². The maximum atomic E-state index is 5.43. The monoisotopic (exact) mass is 312 g/mol. The Labute approximate surface area is 130 Å². The van der Waals surface area contributed by atoms with E-state index in [1.54, 1.807) is 21.3 Å². The molecule has 4 nitrogen and oxygen atoms in total. The van der Waals surface area contributed by atoms with E-state index in [2.05, 4.69) is 42.9 Å². The molecular weight excluding hydrogens is 282 g/mol. The maximum absolute atomic E-state index is 5.43. The second-order valence-electron chi connectivity index (χ2n) is 5.43. The molecule has 1 unspecified atom stereocenters. The average molecular weight is 313 g/mol. The molecule has 1 heterocycles. The first-order valence-electron chi connectivity index (χ1n) is 7.75. The zero-order valence-electron chi connectivity index (χ0n) is 14.1. The van der Waals surface area contributed by atoms with Crippen molar-refractivity contribution in [3.63, 3.8) is 0 Å². The van der Waals surface area contributed by atoms with Crippen LogP contribution in [-0.2, 0) is 19.8 Å². The zero-order chi connectivity index (χ0) is 15.7. The smallest absolute Gasteiger partial charge is 0.377 e. The van der Waals surface area contributed by atoms with Crippen LogP contribution in [0.15, 0.2) is 24.5 Å². The van der Waals surface area contributed by atoms with Crippen LogP contribution < -0.4 is 4.57 Å². The van der Waals surface area contributed by atoms with E-state index < -0.39 is 8.80 Å². The van der Waals surface area contributed by atoms with E-state index in [1.807, 2.05) is 0 Å². The Morgan fingerprint density at radius 3 is 2.10 bits per heavy atom. The summed E-state index contributed by atoms with van der Waals surface area (Å²) in [7, 11) is 2.61. The largest absolute Gasteiger partial charge is 0.500 e. The summed E-state index contributed by atoms with van der Waals surface area (Å²) < 4.78 is 18.5. The minimum Gasteiger partial charge on any atom is -0.377 e. The fourth-order valence-corrected chi connectivity index (χ4v) is 4.17. The van der Waals surface area contributed by atoms with Crippen molar-refractivity contribution in [3.05, 3.63) is 30.1 Å². The summed E-state index contributed by atoms with van der Waals surface area (Å²) in [5, 5.41) is 0. The van der Waals surface area contributed by atoms with Gasteiger partial charge in [0.1, 0.15) is 6.54 Å². The maximum Gasteiger partial charge on any atom is 0.500 e. The first kappa shape index (κ1) is 18.3. The molecule has 0 amide bonds. The molecule has 1 aromatic heterocycles. The molecule has 0 bridgehead atoms. The summed E-state index contributed by atoms with van der Waals surface area (Å²) in [6, 6.07) is 5.32. The number of aromatic nitrogens is 1. The number of rotatable bonds is 10. The molecule has 0 N–H and O–H groups in total. The molecule has 0 aromatic carbocycles. The van der Waals surface area contributed by atoms with E-state index in [0.717, 1.165) is 25.4 Å². The van der Waals surface area contributed by atoms with Gasteiger partial charge < -0.3 is 13.3 Å². The molecule has 0 aliphatic carbocycles. The van der Waals surface area contributed by atoms with Gasteiger partial charge in [-0.15, -0.1) is 0 Å². The van der Waals surface area contributed by atoms with Crippen LogP contribution in [0.1, 0.15) is 44.6 Å². The molecule has 0 saturated carbocycles. The van der Waals surface area contributed by atoms with Crippen molar-refractivity contribution in [2.75, 3.05) is 21.3 Å². The topological polar surface area (TPSA) is 31.6 Å². The number of hydrogen-bond donors (Lipinski definition) is 0. The van der Waals surface area contributed by atoms with Crippen LogP contribution >= 0.6 is 0 Å². The van der Waals surface area contributed by atoms with E-state index in [9.17, 15) is 0 Å². The lowest BCUT2D eigenvalue weighted by Gasteiger charge is -2.23. The zero-order valence-corrected chi connectivity index (χ0v) is 15.1. The molecule has 0 aliphatic heterocycles. The quantitative estimate of drug-likeness (QED) is 0.378. The third-order valence-electron chi connectivity index (χ3n) is 4.18. The minimum atomic E-state index is -2.39. The van der Waals surface area contributed by atoms with Crippen molar-refractivity contribution in [1.29, 1.82) is 0 Å². The molecule has 1 rings (SSSR count). The summed E-state index contributed by atoms with van der Waals surface area (Å²) in [5.74, 6) is 0.636. The van der Waals surface area contributed by atoms with Gasteiger partial charge in [-0.2, -0.15) is 0 Å². The van der Waals surface area contributed by atoms with Crippen molar-refractivity contribution in [1.82, 2.24) is 0 Å². The van der Waals surface area contributed by atoms with Crippen LogP contribution in [0.5, 0.6) is 0 Å². The van der Waals surface area contributed by atoms with E-state index in [4.69, 9.17) is 13.3 Å². The van der Waals surface area contributed by atoms with Gasteiger partial charge in [-0.05, 0) is 24.3 Å². The highest BCUT2D eigenvalue weighted by atomic mass is 28.4. The second kappa shape index (κ2) is 9.30. The molecule has 1 atom stereocenters. The summed E-state index contributed by atoms with van der Waals surface area (Å²) in [6.07, 6.45) is 7.67. The van der Waals surface area contributed by atoms with Crippen molar-refractivity contribution in [2.45, 2.75) is 51.6 Å². The van der Waals surface area contributed by atoms with Crippen LogP contribution in [0.25, 0.3) is 0 Å². The number of hydrogen-bond acceptors (Lipinski definition) is 3.